The zero-order valence-corrected chi connectivity index (χ0v) is 21.3. The Hall–Kier alpha value is -3.15. The average molecular weight is 470 g/mol. The number of benzene rings is 2. The van der Waals surface area contributed by atoms with Gasteiger partial charge in [0.05, 0.1) is 18.9 Å². The summed E-state index contributed by atoms with van der Waals surface area (Å²) in [5.74, 6) is 3.48. The van der Waals surface area contributed by atoms with E-state index < -0.39 is 0 Å². The summed E-state index contributed by atoms with van der Waals surface area (Å²) < 4.78 is 23.3. The van der Waals surface area contributed by atoms with Crippen LogP contribution in [-0.2, 0) is 4.84 Å². The molecule has 0 spiro atoms. The molecule has 6 heteroatoms. The maximum Gasteiger partial charge on any atom is 0.129 e. The van der Waals surface area contributed by atoms with E-state index in [2.05, 4.69) is 19.0 Å². The van der Waals surface area contributed by atoms with E-state index in [9.17, 15) is 0 Å². The van der Waals surface area contributed by atoms with Crippen molar-refractivity contribution in [1.82, 2.24) is 0 Å². The number of ether oxygens (including phenoxy) is 4. The Kier molecular flexibility index (Phi) is 12.5. The third kappa shape index (κ3) is 10.2. The number of hydrogen-bond acceptors (Lipinski definition) is 6. The molecule has 0 heterocycles. The Balaban J connectivity index is 1.58. The number of rotatable bonds is 16. The SMILES string of the molecule is C/C=C/COc1cc(C)c(OCCCCCCOc2ccc(OC/C(C)=N/OC)cc2)c(C)c1. The van der Waals surface area contributed by atoms with Gasteiger partial charge in [-0.2, -0.15) is 0 Å². The third-order valence-corrected chi connectivity index (χ3v) is 5.09. The van der Waals surface area contributed by atoms with E-state index in [0.717, 1.165) is 72.1 Å². The molecule has 0 atom stereocenters. The molecule has 0 bridgehead atoms. The molecular formula is C28H39NO5. The summed E-state index contributed by atoms with van der Waals surface area (Å²) in [7, 11) is 1.52. The molecular weight excluding hydrogens is 430 g/mol. The number of allylic oxidation sites excluding steroid dienone is 1. The fourth-order valence-corrected chi connectivity index (χ4v) is 3.39. The van der Waals surface area contributed by atoms with Gasteiger partial charge in [0.15, 0.2) is 0 Å². The third-order valence-electron chi connectivity index (χ3n) is 5.09. The van der Waals surface area contributed by atoms with Gasteiger partial charge in [0, 0.05) is 0 Å². The van der Waals surface area contributed by atoms with E-state index in [0.29, 0.717) is 19.8 Å². The van der Waals surface area contributed by atoms with Crippen LogP contribution in [0.4, 0.5) is 0 Å². The summed E-state index contributed by atoms with van der Waals surface area (Å²) in [5, 5.41) is 3.82. The first kappa shape index (κ1) is 27.1. The molecule has 0 aliphatic heterocycles. The molecule has 2 aromatic carbocycles. The minimum Gasteiger partial charge on any atom is -0.494 e. The Morgan fingerprint density at radius 1 is 0.794 bits per heavy atom. The standard InChI is InChI=1S/C28H39NO5/c1-6-7-16-32-27-19-22(2)28(23(3)20-27)33-18-11-9-8-10-17-31-25-12-14-26(15-13-25)34-21-24(4)29-30-5/h6-7,12-15,19-20H,8-11,16-18,21H2,1-5H3/b7-6+,29-24+. The van der Waals surface area contributed by atoms with Crippen LogP contribution in [0.2, 0.25) is 0 Å². The second-order valence-corrected chi connectivity index (χ2v) is 8.15. The maximum absolute atomic E-state index is 6.06. The van der Waals surface area contributed by atoms with Gasteiger partial charge < -0.3 is 23.8 Å². The molecule has 0 N–H and O–H groups in total. The number of unbranched alkanes of at least 4 members (excludes halogenated alkanes) is 3. The second kappa shape index (κ2) is 15.6. The van der Waals surface area contributed by atoms with Gasteiger partial charge in [0.25, 0.3) is 0 Å². The Morgan fingerprint density at radius 3 is 1.97 bits per heavy atom. The summed E-state index contributed by atoms with van der Waals surface area (Å²) in [6.07, 6.45) is 8.24. The van der Waals surface area contributed by atoms with Gasteiger partial charge in [0.1, 0.15) is 43.3 Å². The number of aryl methyl sites for hydroxylation is 2. The normalized spacial score (nSPS) is 11.5. The molecule has 2 rings (SSSR count). The molecule has 0 saturated carbocycles. The van der Waals surface area contributed by atoms with Gasteiger partial charge in [-0.3, -0.25) is 0 Å². The van der Waals surface area contributed by atoms with E-state index in [1.165, 1.54) is 7.11 Å². The molecule has 0 amide bonds. The molecule has 0 fully saturated rings. The van der Waals surface area contributed by atoms with Crippen molar-refractivity contribution in [2.45, 2.75) is 53.4 Å². The lowest BCUT2D eigenvalue weighted by molar-refractivity contribution is 0.209. The highest BCUT2D eigenvalue weighted by atomic mass is 16.6. The highest BCUT2D eigenvalue weighted by Gasteiger charge is 2.07. The Morgan fingerprint density at radius 2 is 1.38 bits per heavy atom. The van der Waals surface area contributed by atoms with Gasteiger partial charge in [-0.15, -0.1) is 0 Å². The molecule has 0 aliphatic carbocycles. The first-order chi connectivity index (χ1) is 16.5. The fraction of sp³-hybridized carbons (Fsp3) is 0.464. The van der Waals surface area contributed by atoms with Crippen LogP contribution in [0.15, 0.2) is 53.7 Å². The van der Waals surface area contributed by atoms with Crippen molar-refractivity contribution < 1.29 is 23.8 Å². The van der Waals surface area contributed by atoms with Crippen LogP contribution in [-0.4, -0.2) is 39.2 Å². The second-order valence-electron chi connectivity index (χ2n) is 8.15. The molecule has 6 nitrogen and oxygen atoms in total. The van der Waals surface area contributed by atoms with Crippen LogP contribution < -0.4 is 18.9 Å². The lowest BCUT2D eigenvalue weighted by Crippen LogP contribution is -2.07. The van der Waals surface area contributed by atoms with E-state index in [1.54, 1.807) is 0 Å². The number of oxime groups is 1. The summed E-state index contributed by atoms with van der Waals surface area (Å²) in [5.41, 5.74) is 3.00. The van der Waals surface area contributed by atoms with Crippen molar-refractivity contribution in [3.05, 3.63) is 59.7 Å². The van der Waals surface area contributed by atoms with E-state index in [-0.39, 0.29) is 0 Å². The highest BCUT2D eigenvalue weighted by molar-refractivity contribution is 5.82. The number of nitrogens with zero attached hydrogens (tertiary/aromatic N) is 1. The first-order valence-corrected chi connectivity index (χ1v) is 11.9. The molecule has 186 valence electrons. The zero-order valence-electron chi connectivity index (χ0n) is 21.3. The van der Waals surface area contributed by atoms with E-state index in [1.807, 2.05) is 62.4 Å². The van der Waals surface area contributed by atoms with Gasteiger partial charge in [-0.25, -0.2) is 0 Å². The Labute approximate surface area is 204 Å². The lowest BCUT2D eigenvalue weighted by Gasteiger charge is -2.14. The summed E-state index contributed by atoms with van der Waals surface area (Å²) in [4.78, 5) is 4.72. The van der Waals surface area contributed by atoms with Crippen molar-refractivity contribution in [1.29, 1.82) is 0 Å². The zero-order chi connectivity index (χ0) is 24.6. The predicted molar refractivity (Wildman–Crippen MR) is 138 cm³/mol. The van der Waals surface area contributed by atoms with Crippen LogP contribution in [0.3, 0.4) is 0 Å². The van der Waals surface area contributed by atoms with Crippen molar-refractivity contribution in [3.63, 3.8) is 0 Å². The van der Waals surface area contributed by atoms with Crippen LogP contribution >= 0.6 is 0 Å². The molecule has 0 aromatic heterocycles. The van der Waals surface area contributed by atoms with E-state index in [4.69, 9.17) is 23.8 Å². The summed E-state index contributed by atoms with van der Waals surface area (Å²) in [6, 6.07) is 11.7. The van der Waals surface area contributed by atoms with Crippen molar-refractivity contribution in [3.8, 4) is 23.0 Å². The smallest absolute Gasteiger partial charge is 0.129 e. The Bertz CT molecular complexity index is 883. The maximum atomic E-state index is 6.06. The molecule has 34 heavy (non-hydrogen) atoms. The highest BCUT2D eigenvalue weighted by Crippen LogP contribution is 2.28. The summed E-state index contributed by atoms with van der Waals surface area (Å²) >= 11 is 0. The van der Waals surface area contributed by atoms with Gasteiger partial charge >= 0.3 is 0 Å². The number of hydrogen-bond donors (Lipinski definition) is 0. The minimum absolute atomic E-state index is 0.396. The van der Waals surface area contributed by atoms with Crippen LogP contribution in [0.1, 0.15) is 50.7 Å². The van der Waals surface area contributed by atoms with Crippen molar-refractivity contribution >= 4 is 5.71 Å². The quantitative estimate of drug-likeness (QED) is 0.119. The monoisotopic (exact) mass is 469 g/mol. The van der Waals surface area contributed by atoms with Gasteiger partial charge in [-0.1, -0.05) is 17.3 Å². The van der Waals surface area contributed by atoms with Crippen LogP contribution in [0.5, 0.6) is 23.0 Å². The first-order valence-electron chi connectivity index (χ1n) is 11.9. The minimum atomic E-state index is 0.396. The predicted octanol–water partition coefficient (Wildman–Crippen LogP) is 6.68. The molecule has 0 saturated heterocycles. The van der Waals surface area contributed by atoms with E-state index >= 15 is 0 Å². The average Bonchev–Trinajstić information content (AvgIpc) is 2.82. The van der Waals surface area contributed by atoms with Gasteiger partial charge in [0.2, 0.25) is 0 Å². The van der Waals surface area contributed by atoms with Crippen molar-refractivity contribution in [2.75, 3.05) is 33.5 Å². The largest absolute Gasteiger partial charge is 0.494 e. The topological polar surface area (TPSA) is 58.5 Å². The fourth-order valence-electron chi connectivity index (χ4n) is 3.39. The molecule has 0 unspecified atom stereocenters. The van der Waals surface area contributed by atoms with Crippen molar-refractivity contribution in [2.24, 2.45) is 5.16 Å². The molecule has 0 aliphatic rings. The van der Waals surface area contributed by atoms with Crippen LogP contribution in [0, 0.1) is 13.8 Å². The molecule has 2 aromatic rings. The van der Waals surface area contributed by atoms with Crippen LogP contribution in [0.25, 0.3) is 0 Å². The van der Waals surface area contributed by atoms with Gasteiger partial charge in [-0.05, 0) is 101 Å². The lowest BCUT2D eigenvalue weighted by atomic mass is 10.1. The molecule has 0 radical (unpaired) electrons. The summed E-state index contributed by atoms with van der Waals surface area (Å²) in [6.45, 7) is 10.4.